The summed E-state index contributed by atoms with van der Waals surface area (Å²) in [5.74, 6) is -1.42. The highest BCUT2D eigenvalue weighted by molar-refractivity contribution is 6.74. The van der Waals surface area contributed by atoms with Crippen LogP contribution >= 0.6 is 0 Å². The fraction of sp³-hybridized carbons (Fsp3) is 0.419. The molecule has 4 rings (SSSR count). The molecule has 3 heterocycles. The number of aromatic nitrogens is 5. The summed E-state index contributed by atoms with van der Waals surface area (Å²) < 4.78 is 19.7. The molecule has 1 aromatic carbocycles. The molecule has 0 aliphatic carbocycles. The third-order valence-corrected chi connectivity index (χ3v) is 12.9. The smallest absolute Gasteiger partial charge is 0.296 e. The van der Waals surface area contributed by atoms with Gasteiger partial charge in [-0.05, 0) is 35.3 Å². The van der Waals surface area contributed by atoms with E-state index in [0.717, 1.165) is 11.1 Å². The first-order valence-corrected chi connectivity index (χ1v) is 17.2. The molecule has 0 saturated heterocycles. The van der Waals surface area contributed by atoms with Crippen molar-refractivity contribution < 1.29 is 18.5 Å². The van der Waals surface area contributed by atoms with Gasteiger partial charge in [0.2, 0.25) is 5.75 Å². The van der Waals surface area contributed by atoms with Crippen molar-refractivity contribution >= 4 is 19.9 Å². The average molecular weight is 618 g/mol. The van der Waals surface area contributed by atoms with Gasteiger partial charge in [-0.3, -0.25) is 18.8 Å². The van der Waals surface area contributed by atoms with Gasteiger partial charge < -0.3 is 19.0 Å². The number of ether oxygens (including phenoxy) is 1. The minimum Gasteiger partial charge on any atom is -0.489 e. The van der Waals surface area contributed by atoms with Gasteiger partial charge >= 0.3 is 0 Å². The number of hydrogen-bond acceptors (Lipinski definition) is 9. The number of methoxy groups -OCH3 is 1. The topological polar surface area (TPSA) is 150 Å². The van der Waals surface area contributed by atoms with Crippen molar-refractivity contribution in [3.05, 3.63) is 87.7 Å². The zero-order valence-electron chi connectivity index (χ0n) is 26.4. The van der Waals surface area contributed by atoms with E-state index >= 15 is 0 Å². The van der Waals surface area contributed by atoms with Gasteiger partial charge in [0, 0.05) is 25.1 Å². The lowest BCUT2D eigenvalue weighted by Gasteiger charge is -2.36. The minimum atomic E-state index is -1.93. The van der Waals surface area contributed by atoms with E-state index in [1.54, 1.807) is 25.4 Å². The molecular formula is C31H39N7O5Si. The highest BCUT2D eigenvalue weighted by atomic mass is 28.4. The highest BCUT2D eigenvalue weighted by Crippen LogP contribution is 2.39. The Morgan fingerprint density at radius 1 is 1.23 bits per heavy atom. The van der Waals surface area contributed by atoms with Crippen molar-refractivity contribution in [3.63, 3.8) is 0 Å². The summed E-state index contributed by atoms with van der Waals surface area (Å²) in [6.07, 6.45) is 6.30. The Morgan fingerprint density at radius 2 is 1.95 bits per heavy atom. The van der Waals surface area contributed by atoms with E-state index in [9.17, 15) is 14.9 Å². The predicted octanol–water partition coefficient (Wildman–Crippen LogP) is 5.05. The van der Waals surface area contributed by atoms with E-state index in [4.69, 9.17) is 13.7 Å². The summed E-state index contributed by atoms with van der Waals surface area (Å²) in [4.78, 5) is 31.4. The van der Waals surface area contributed by atoms with E-state index in [0.29, 0.717) is 30.2 Å². The second-order valence-corrected chi connectivity index (χ2v) is 17.0. The molecule has 1 amide bonds. The molecule has 0 fully saturated rings. The number of rotatable bonds is 11. The summed E-state index contributed by atoms with van der Waals surface area (Å²) in [7, 11) is 0.971. The number of carbonyl (C=O) groups excluding carboxylic acids is 1. The standard InChI is InChI=1S/C31H39N7O5Si/c1-20(28-36-26(27(41-6)30(40)37(28)5)29(39)35-23-17-34-42-19-23)25(24-12-10-9-11-21(24)15-32)22-16-33-38(18-22)13-14-43-44(7,8)31(2,3)4/h9-12,16-20,25H,13-14H2,1-8H3,(H,35,39). The number of anilines is 1. The molecule has 12 nitrogen and oxygen atoms in total. The Hall–Kier alpha value is -4.54. The monoisotopic (exact) mass is 617 g/mol. The van der Waals surface area contributed by atoms with Crippen LogP contribution in [0.3, 0.4) is 0 Å². The highest BCUT2D eigenvalue weighted by Gasteiger charge is 2.37. The molecule has 1 N–H and O–H groups in total. The molecule has 0 spiro atoms. The quantitative estimate of drug-likeness (QED) is 0.228. The van der Waals surface area contributed by atoms with Crippen LogP contribution in [0.5, 0.6) is 5.75 Å². The first kappa shape index (κ1) is 32.4. The lowest BCUT2D eigenvalue weighted by molar-refractivity contribution is 0.101. The molecule has 4 aromatic rings. The van der Waals surface area contributed by atoms with E-state index in [-0.39, 0.29) is 16.5 Å². The Labute approximate surface area is 257 Å². The molecule has 232 valence electrons. The summed E-state index contributed by atoms with van der Waals surface area (Å²) in [5, 5.41) is 20.9. The van der Waals surface area contributed by atoms with Crippen molar-refractivity contribution in [2.24, 2.45) is 7.05 Å². The Morgan fingerprint density at radius 3 is 2.59 bits per heavy atom. The molecule has 0 saturated carbocycles. The fourth-order valence-corrected chi connectivity index (χ4v) is 5.86. The molecule has 0 radical (unpaired) electrons. The van der Waals surface area contributed by atoms with E-state index in [1.165, 1.54) is 24.1 Å². The minimum absolute atomic E-state index is 0.0935. The number of nitrogens with one attached hydrogen (secondary N) is 1. The first-order chi connectivity index (χ1) is 20.8. The second kappa shape index (κ2) is 13.0. The maximum atomic E-state index is 13.5. The van der Waals surface area contributed by atoms with Crippen LogP contribution in [-0.4, -0.2) is 52.4 Å². The summed E-state index contributed by atoms with van der Waals surface area (Å²) in [6, 6.07) is 9.61. The van der Waals surface area contributed by atoms with Crippen molar-refractivity contribution in [2.75, 3.05) is 19.0 Å². The van der Waals surface area contributed by atoms with Gasteiger partial charge in [0.1, 0.15) is 17.8 Å². The van der Waals surface area contributed by atoms with Crippen molar-refractivity contribution in [1.82, 2.24) is 24.5 Å². The molecule has 0 aliphatic heterocycles. The lowest BCUT2D eigenvalue weighted by atomic mass is 9.80. The molecule has 3 aromatic heterocycles. The Bertz CT molecular complexity index is 1710. The third kappa shape index (κ3) is 6.66. The first-order valence-electron chi connectivity index (χ1n) is 14.3. The summed E-state index contributed by atoms with van der Waals surface area (Å²) in [6.45, 7) is 14.0. The van der Waals surface area contributed by atoms with Gasteiger partial charge in [0.25, 0.3) is 11.5 Å². The van der Waals surface area contributed by atoms with Crippen LogP contribution in [0.4, 0.5) is 5.69 Å². The second-order valence-electron chi connectivity index (χ2n) is 12.2. The zero-order chi connectivity index (χ0) is 32.2. The van der Waals surface area contributed by atoms with Crippen LogP contribution in [0.15, 0.2) is 58.4 Å². The fourth-order valence-electron chi connectivity index (χ4n) is 4.83. The Balaban J connectivity index is 1.75. The maximum absolute atomic E-state index is 13.5. The molecule has 44 heavy (non-hydrogen) atoms. The molecule has 2 unspecified atom stereocenters. The van der Waals surface area contributed by atoms with Crippen LogP contribution < -0.4 is 15.6 Å². The normalized spacial score (nSPS) is 13.2. The van der Waals surface area contributed by atoms with Gasteiger partial charge in [-0.25, -0.2) is 4.98 Å². The molecule has 0 bridgehead atoms. The zero-order valence-corrected chi connectivity index (χ0v) is 27.4. The molecule has 13 heteroatoms. The van der Waals surface area contributed by atoms with E-state index in [1.807, 2.05) is 29.9 Å². The van der Waals surface area contributed by atoms with E-state index in [2.05, 4.69) is 60.5 Å². The van der Waals surface area contributed by atoms with Crippen LogP contribution in [0, 0.1) is 11.3 Å². The number of benzene rings is 1. The third-order valence-electron chi connectivity index (χ3n) is 8.32. The van der Waals surface area contributed by atoms with Crippen molar-refractivity contribution in [2.45, 2.75) is 64.2 Å². The van der Waals surface area contributed by atoms with Crippen molar-refractivity contribution in [1.29, 1.82) is 5.26 Å². The van der Waals surface area contributed by atoms with Crippen LogP contribution in [0.1, 0.15) is 72.5 Å². The van der Waals surface area contributed by atoms with Gasteiger partial charge in [-0.15, -0.1) is 0 Å². The van der Waals surface area contributed by atoms with Gasteiger partial charge in [0.15, 0.2) is 14.0 Å². The number of nitriles is 1. The van der Waals surface area contributed by atoms with Gasteiger partial charge in [-0.1, -0.05) is 51.1 Å². The summed E-state index contributed by atoms with van der Waals surface area (Å²) in [5.41, 5.74) is 1.67. The summed E-state index contributed by atoms with van der Waals surface area (Å²) >= 11 is 0. The van der Waals surface area contributed by atoms with E-state index < -0.39 is 31.6 Å². The molecular weight excluding hydrogens is 578 g/mol. The van der Waals surface area contributed by atoms with Gasteiger partial charge in [0.05, 0.1) is 44.3 Å². The molecule has 0 aliphatic rings. The number of amides is 1. The van der Waals surface area contributed by atoms with Crippen molar-refractivity contribution in [3.8, 4) is 11.8 Å². The predicted molar refractivity (Wildman–Crippen MR) is 167 cm³/mol. The average Bonchev–Trinajstić information content (AvgIpc) is 3.66. The van der Waals surface area contributed by atoms with Crippen LogP contribution in [-0.2, 0) is 18.0 Å². The Kier molecular flexibility index (Phi) is 9.55. The SMILES string of the molecule is COc1c(C(=O)Nc2cnoc2)nc(C(C)C(c2cnn(CCO[Si](C)(C)C(C)(C)C)c2)c2ccccc2C#N)n(C)c1=O. The van der Waals surface area contributed by atoms with Gasteiger partial charge in [-0.2, -0.15) is 10.4 Å². The number of nitrogens with zero attached hydrogens (tertiary/aromatic N) is 6. The molecule has 2 atom stereocenters. The number of hydrogen-bond donors (Lipinski definition) is 1. The lowest BCUT2D eigenvalue weighted by Crippen LogP contribution is -2.41. The largest absolute Gasteiger partial charge is 0.489 e. The maximum Gasteiger partial charge on any atom is 0.296 e. The van der Waals surface area contributed by atoms with Crippen LogP contribution in [0.25, 0.3) is 0 Å². The van der Waals surface area contributed by atoms with Crippen LogP contribution in [0.2, 0.25) is 18.1 Å². The number of carbonyl (C=O) groups is 1.